The number of benzene rings is 1. The molecule has 3 heterocycles. The molecule has 8 nitrogen and oxygen atoms in total. The lowest BCUT2D eigenvalue weighted by Gasteiger charge is -2.47. The van der Waals surface area contributed by atoms with E-state index in [-0.39, 0.29) is 11.6 Å². The zero-order valence-corrected chi connectivity index (χ0v) is 20.4. The van der Waals surface area contributed by atoms with E-state index >= 15 is 0 Å². The summed E-state index contributed by atoms with van der Waals surface area (Å²) in [7, 11) is 1.68. The van der Waals surface area contributed by atoms with Crippen molar-refractivity contribution < 1.29 is 4.74 Å². The Bertz CT molecular complexity index is 1170. The Hall–Kier alpha value is -2.58. The summed E-state index contributed by atoms with van der Waals surface area (Å²) in [5, 5.41) is 13.8. The number of H-pyrrole nitrogens is 1. The van der Waals surface area contributed by atoms with Crippen LogP contribution in [-0.2, 0) is 17.7 Å². The molecule has 1 saturated carbocycles. The smallest absolute Gasteiger partial charge is 0.253 e. The molecule has 182 valence electrons. The number of rotatable bonds is 7. The number of pyridine rings is 1. The van der Waals surface area contributed by atoms with Crippen LogP contribution < -0.4 is 5.56 Å². The van der Waals surface area contributed by atoms with Crippen LogP contribution in [0, 0.1) is 5.41 Å². The lowest BCUT2D eigenvalue weighted by Crippen LogP contribution is -2.47. The fourth-order valence-electron chi connectivity index (χ4n) is 6.12. The van der Waals surface area contributed by atoms with Gasteiger partial charge in [-0.05, 0) is 83.6 Å². The Morgan fingerprint density at radius 2 is 1.97 bits per heavy atom. The molecule has 0 unspecified atom stereocenters. The fourth-order valence-corrected chi connectivity index (χ4v) is 6.12. The lowest BCUT2D eigenvalue weighted by atomic mass is 9.69. The molecule has 1 saturated heterocycles. The van der Waals surface area contributed by atoms with Crippen LogP contribution in [0.25, 0.3) is 10.9 Å². The number of nitrogens with zero attached hydrogens (tertiary/aromatic N) is 5. The lowest BCUT2D eigenvalue weighted by molar-refractivity contribution is 0.0335. The Kier molecular flexibility index (Phi) is 6.79. The van der Waals surface area contributed by atoms with Crippen molar-refractivity contribution in [1.29, 1.82) is 0 Å². The van der Waals surface area contributed by atoms with Crippen molar-refractivity contribution in [3.05, 3.63) is 51.6 Å². The van der Waals surface area contributed by atoms with Crippen LogP contribution >= 0.6 is 0 Å². The van der Waals surface area contributed by atoms with E-state index in [0.717, 1.165) is 48.2 Å². The number of nitrogens with one attached hydrogen (secondary N) is 1. The van der Waals surface area contributed by atoms with E-state index in [2.05, 4.69) is 50.5 Å². The summed E-state index contributed by atoms with van der Waals surface area (Å²) in [6.45, 7) is 5.15. The number of aromatic amines is 1. The number of fused-ring (bicyclic) bond motifs is 1. The summed E-state index contributed by atoms with van der Waals surface area (Å²) >= 11 is 0. The maximum Gasteiger partial charge on any atom is 0.253 e. The van der Waals surface area contributed by atoms with Gasteiger partial charge in [-0.15, -0.1) is 5.10 Å². The third-order valence-corrected chi connectivity index (χ3v) is 7.92. The number of aryl methyl sites for hydroxylation is 1. The molecule has 3 aromatic rings. The SMILES string of the molecule is CCc1ccc2[nH]c(=O)c([C@@H](c3nnnn3CCOC)N3CCCC4(CCCCC4)C3)cc2c1. The Morgan fingerprint density at radius 1 is 1.15 bits per heavy atom. The van der Waals surface area contributed by atoms with E-state index in [1.165, 1.54) is 44.1 Å². The highest BCUT2D eigenvalue weighted by Gasteiger charge is 2.41. The van der Waals surface area contributed by atoms with Crippen molar-refractivity contribution in [3.63, 3.8) is 0 Å². The predicted octanol–water partition coefficient (Wildman–Crippen LogP) is 3.86. The quantitative estimate of drug-likeness (QED) is 0.571. The largest absolute Gasteiger partial charge is 0.383 e. The van der Waals surface area contributed by atoms with Gasteiger partial charge in [-0.1, -0.05) is 32.3 Å². The molecule has 1 N–H and O–H groups in total. The molecule has 1 aliphatic carbocycles. The summed E-state index contributed by atoms with van der Waals surface area (Å²) in [5.74, 6) is 0.724. The minimum atomic E-state index is -0.288. The van der Waals surface area contributed by atoms with Gasteiger partial charge < -0.3 is 9.72 Å². The molecule has 0 bridgehead atoms. The summed E-state index contributed by atoms with van der Waals surface area (Å²) in [4.78, 5) is 19.1. The summed E-state index contributed by atoms with van der Waals surface area (Å²) < 4.78 is 7.11. The van der Waals surface area contributed by atoms with Gasteiger partial charge in [0.2, 0.25) is 0 Å². The molecule has 1 aromatic carbocycles. The minimum absolute atomic E-state index is 0.0636. The molecule has 2 fully saturated rings. The molecule has 1 aliphatic heterocycles. The van der Waals surface area contributed by atoms with Gasteiger partial charge in [-0.2, -0.15) is 0 Å². The number of piperidine rings is 1. The highest BCUT2D eigenvalue weighted by Crippen LogP contribution is 2.45. The third-order valence-electron chi connectivity index (χ3n) is 7.92. The van der Waals surface area contributed by atoms with E-state index < -0.39 is 0 Å². The van der Waals surface area contributed by atoms with Crippen LogP contribution in [0.2, 0.25) is 0 Å². The zero-order chi connectivity index (χ0) is 23.5. The summed E-state index contributed by atoms with van der Waals surface area (Å²) in [6, 6.07) is 8.05. The van der Waals surface area contributed by atoms with Gasteiger partial charge in [0.25, 0.3) is 5.56 Å². The van der Waals surface area contributed by atoms with Crippen LogP contribution in [0.5, 0.6) is 0 Å². The highest BCUT2D eigenvalue weighted by atomic mass is 16.5. The van der Waals surface area contributed by atoms with Gasteiger partial charge in [-0.25, -0.2) is 4.68 Å². The van der Waals surface area contributed by atoms with Crippen LogP contribution in [0.15, 0.2) is 29.1 Å². The number of aromatic nitrogens is 5. The molecule has 5 rings (SSSR count). The molecule has 2 aliphatic rings. The second kappa shape index (κ2) is 9.96. The average Bonchev–Trinajstić information content (AvgIpc) is 3.31. The van der Waals surface area contributed by atoms with Crippen LogP contribution in [-0.4, -0.2) is 56.9 Å². The molecule has 34 heavy (non-hydrogen) atoms. The van der Waals surface area contributed by atoms with Crippen LogP contribution in [0.3, 0.4) is 0 Å². The Morgan fingerprint density at radius 3 is 2.76 bits per heavy atom. The van der Waals surface area contributed by atoms with Crippen molar-refractivity contribution in [2.24, 2.45) is 5.41 Å². The number of methoxy groups -OCH3 is 1. The first-order valence-corrected chi connectivity index (χ1v) is 12.8. The zero-order valence-electron chi connectivity index (χ0n) is 20.4. The fraction of sp³-hybridized carbons (Fsp3) is 0.615. The van der Waals surface area contributed by atoms with E-state index in [1.807, 2.05) is 10.7 Å². The second-order valence-corrected chi connectivity index (χ2v) is 10.1. The Labute approximate surface area is 200 Å². The van der Waals surface area contributed by atoms with Crippen molar-refractivity contribution in [3.8, 4) is 0 Å². The maximum atomic E-state index is 13.5. The topological polar surface area (TPSA) is 88.9 Å². The third kappa shape index (κ3) is 4.53. The average molecular weight is 465 g/mol. The van der Waals surface area contributed by atoms with Gasteiger partial charge in [0, 0.05) is 24.7 Å². The van der Waals surface area contributed by atoms with Gasteiger partial charge in [-0.3, -0.25) is 9.69 Å². The summed E-state index contributed by atoms with van der Waals surface area (Å²) in [6.07, 6.45) is 9.88. The molecule has 0 amide bonds. The van der Waals surface area contributed by atoms with Crippen LogP contribution in [0.4, 0.5) is 0 Å². The van der Waals surface area contributed by atoms with Gasteiger partial charge >= 0.3 is 0 Å². The van der Waals surface area contributed by atoms with Crippen molar-refractivity contribution in [1.82, 2.24) is 30.1 Å². The molecule has 2 aromatic heterocycles. The Balaban J connectivity index is 1.61. The molecule has 1 atom stereocenters. The van der Waals surface area contributed by atoms with E-state index in [1.54, 1.807) is 7.11 Å². The number of likely N-dealkylation sites (tertiary alicyclic amines) is 1. The number of tetrazole rings is 1. The monoisotopic (exact) mass is 464 g/mol. The first-order chi connectivity index (χ1) is 16.6. The van der Waals surface area contributed by atoms with E-state index in [4.69, 9.17) is 4.74 Å². The molecule has 8 heteroatoms. The minimum Gasteiger partial charge on any atom is -0.383 e. The summed E-state index contributed by atoms with van der Waals surface area (Å²) in [5.41, 5.74) is 3.13. The normalized spacial score (nSPS) is 19.6. The van der Waals surface area contributed by atoms with Crippen molar-refractivity contribution in [2.45, 2.75) is 70.9 Å². The van der Waals surface area contributed by atoms with E-state index in [9.17, 15) is 4.79 Å². The maximum absolute atomic E-state index is 13.5. The van der Waals surface area contributed by atoms with E-state index in [0.29, 0.717) is 18.6 Å². The van der Waals surface area contributed by atoms with Crippen molar-refractivity contribution >= 4 is 10.9 Å². The van der Waals surface area contributed by atoms with Gasteiger partial charge in [0.15, 0.2) is 5.82 Å². The van der Waals surface area contributed by atoms with Gasteiger partial charge in [0.05, 0.1) is 13.2 Å². The number of ether oxygens (including phenoxy) is 1. The molecular weight excluding hydrogens is 428 g/mol. The predicted molar refractivity (Wildman–Crippen MR) is 132 cm³/mol. The number of hydrogen-bond donors (Lipinski definition) is 1. The standard InChI is InChI=1S/C26H36N6O2/c1-3-19-8-9-22-20(16-19)17-21(25(33)27-22)23(24-28-29-30-32(24)14-15-34-2)31-13-7-12-26(18-31)10-5-4-6-11-26/h8-9,16-17,23H,3-7,10-15,18H2,1-2H3,(H,27,33)/t23-/m0/s1. The molecular formula is C26H36N6O2. The molecule has 0 radical (unpaired) electrons. The highest BCUT2D eigenvalue weighted by molar-refractivity contribution is 5.80. The van der Waals surface area contributed by atoms with Crippen LogP contribution in [0.1, 0.15) is 74.9 Å². The van der Waals surface area contributed by atoms with Gasteiger partial charge in [0.1, 0.15) is 6.04 Å². The van der Waals surface area contributed by atoms with Crippen molar-refractivity contribution in [2.75, 3.05) is 26.8 Å². The second-order valence-electron chi connectivity index (χ2n) is 10.1. The number of hydrogen-bond acceptors (Lipinski definition) is 6. The molecule has 1 spiro atoms. The first kappa shape index (κ1) is 23.2. The first-order valence-electron chi connectivity index (χ1n) is 12.8.